The Kier molecular flexibility index (Phi) is 5.37. The van der Waals surface area contributed by atoms with Crippen LogP contribution in [0.1, 0.15) is 34.5 Å². The maximum atomic E-state index is 12.7. The van der Waals surface area contributed by atoms with E-state index in [0.29, 0.717) is 12.6 Å². The van der Waals surface area contributed by atoms with Crippen LogP contribution in [0, 0.1) is 0 Å². The Morgan fingerprint density at radius 1 is 1.11 bits per heavy atom. The lowest BCUT2D eigenvalue weighted by atomic mass is 10.0. The Morgan fingerprint density at radius 3 is 2.74 bits per heavy atom. The van der Waals surface area contributed by atoms with Gasteiger partial charge in [-0.25, -0.2) is 0 Å². The van der Waals surface area contributed by atoms with Gasteiger partial charge in [0.15, 0.2) is 0 Å². The number of benzene rings is 2. The molecule has 1 N–H and O–H groups in total. The molecule has 4 heteroatoms. The third-order valence-corrected chi connectivity index (χ3v) is 6.28. The van der Waals surface area contributed by atoms with Crippen LogP contribution in [0.3, 0.4) is 0 Å². The minimum absolute atomic E-state index is 0.0565. The summed E-state index contributed by atoms with van der Waals surface area (Å²) in [5.74, 6) is 0.0565. The lowest BCUT2D eigenvalue weighted by molar-refractivity contribution is -0.117. The second-order valence-corrected chi connectivity index (χ2v) is 8.06. The minimum atomic E-state index is 0.0565. The van der Waals surface area contributed by atoms with E-state index in [-0.39, 0.29) is 5.91 Å². The van der Waals surface area contributed by atoms with Crippen LogP contribution in [0.5, 0.6) is 0 Å². The van der Waals surface area contributed by atoms with Crippen LogP contribution in [0.15, 0.2) is 66.0 Å². The van der Waals surface area contributed by atoms with Gasteiger partial charge in [-0.3, -0.25) is 9.69 Å². The zero-order valence-electron chi connectivity index (χ0n) is 15.5. The number of nitrogens with zero attached hydrogens (tertiary/aromatic N) is 1. The standard InChI is InChI=1S/C23H24N2OS/c1-17-20-12-14-27-22(20)11-13-25(17)16-23(26)24-21-10-6-5-9-19(21)15-18-7-3-2-4-8-18/h2-10,12,14,17H,11,13,15-16H2,1H3,(H,24,26)/t17-/m0/s1. The predicted octanol–water partition coefficient (Wildman–Crippen LogP) is 4.90. The first kappa shape index (κ1) is 18.0. The molecule has 2 aromatic carbocycles. The first-order valence-electron chi connectivity index (χ1n) is 9.42. The quantitative estimate of drug-likeness (QED) is 0.687. The number of thiophene rings is 1. The van der Waals surface area contributed by atoms with E-state index < -0.39 is 0 Å². The smallest absolute Gasteiger partial charge is 0.238 e. The molecule has 138 valence electrons. The summed E-state index contributed by atoms with van der Waals surface area (Å²) in [6.45, 7) is 3.56. The lowest BCUT2D eigenvalue weighted by Gasteiger charge is -2.33. The van der Waals surface area contributed by atoms with Crippen molar-refractivity contribution in [1.82, 2.24) is 4.90 Å². The maximum absolute atomic E-state index is 12.7. The van der Waals surface area contributed by atoms with Crippen LogP contribution in [-0.2, 0) is 17.6 Å². The number of hydrogen-bond donors (Lipinski definition) is 1. The van der Waals surface area contributed by atoms with Crippen molar-refractivity contribution in [2.75, 3.05) is 18.4 Å². The van der Waals surface area contributed by atoms with Gasteiger partial charge in [0.2, 0.25) is 5.91 Å². The van der Waals surface area contributed by atoms with Gasteiger partial charge in [0.1, 0.15) is 0 Å². The van der Waals surface area contributed by atoms with E-state index in [9.17, 15) is 4.79 Å². The highest BCUT2D eigenvalue weighted by Crippen LogP contribution is 2.32. The zero-order chi connectivity index (χ0) is 18.6. The van der Waals surface area contributed by atoms with Gasteiger partial charge in [0.25, 0.3) is 0 Å². The third-order valence-electron chi connectivity index (χ3n) is 5.28. The van der Waals surface area contributed by atoms with Gasteiger partial charge in [-0.05, 0) is 54.0 Å². The van der Waals surface area contributed by atoms with Gasteiger partial charge >= 0.3 is 0 Å². The average Bonchev–Trinajstić information content (AvgIpc) is 3.16. The summed E-state index contributed by atoms with van der Waals surface area (Å²) < 4.78 is 0. The summed E-state index contributed by atoms with van der Waals surface area (Å²) in [6, 6.07) is 20.9. The Labute approximate surface area is 164 Å². The van der Waals surface area contributed by atoms with Gasteiger partial charge in [0, 0.05) is 23.2 Å². The number of anilines is 1. The van der Waals surface area contributed by atoms with Crippen molar-refractivity contribution in [3.63, 3.8) is 0 Å². The highest BCUT2D eigenvalue weighted by Gasteiger charge is 2.26. The molecule has 0 saturated heterocycles. The fourth-order valence-corrected chi connectivity index (χ4v) is 4.73. The SMILES string of the molecule is C[C@H]1c2ccsc2CCN1CC(=O)Nc1ccccc1Cc1ccccc1. The summed E-state index contributed by atoms with van der Waals surface area (Å²) in [7, 11) is 0. The molecule has 1 aliphatic rings. The first-order chi connectivity index (χ1) is 13.2. The molecule has 27 heavy (non-hydrogen) atoms. The number of carbonyl (C=O) groups is 1. The van der Waals surface area contributed by atoms with Crippen molar-refractivity contribution in [2.24, 2.45) is 0 Å². The zero-order valence-corrected chi connectivity index (χ0v) is 16.3. The highest BCUT2D eigenvalue weighted by molar-refractivity contribution is 7.10. The maximum Gasteiger partial charge on any atom is 0.238 e. The number of hydrogen-bond acceptors (Lipinski definition) is 3. The fraction of sp³-hybridized carbons (Fsp3) is 0.261. The summed E-state index contributed by atoms with van der Waals surface area (Å²) >= 11 is 1.83. The number of fused-ring (bicyclic) bond motifs is 1. The average molecular weight is 377 g/mol. The van der Waals surface area contributed by atoms with Crippen LogP contribution < -0.4 is 5.32 Å². The number of nitrogens with one attached hydrogen (secondary N) is 1. The Bertz CT molecular complexity index is 919. The van der Waals surface area contributed by atoms with E-state index in [1.54, 1.807) is 0 Å². The predicted molar refractivity (Wildman–Crippen MR) is 112 cm³/mol. The monoisotopic (exact) mass is 376 g/mol. The highest BCUT2D eigenvalue weighted by atomic mass is 32.1. The van der Waals surface area contributed by atoms with E-state index >= 15 is 0 Å². The molecule has 3 nitrogen and oxygen atoms in total. The molecule has 3 aromatic rings. The molecule has 0 fully saturated rings. The molecule has 0 bridgehead atoms. The third kappa shape index (κ3) is 4.12. The summed E-state index contributed by atoms with van der Waals surface area (Å²) in [5, 5.41) is 5.30. The van der Waals surface area contributed by atoms with Crippen molar-refractivity contribution < 1.29 is 4.79 Å². The molecule has 1 amide bonds. The lowest BCUT2D eigenvalue weighted by Crippen LogP contribution is -2.39. The summed E-state index contributed by atoms with van der Waals surface area (Å²) in [5.41, 5.74) is 4.67. The van der Waals surface area contributed by atoms with E-state index in [0.717, 1.165) is 30.6 Å². The van der Waals surface area contributed by atoms with Crippen LogP contribution in [0.25, 0.3) is 0 Å². The van der Waals surface area contributed by atoms with E-state index in [1.807, 2.05) is 47.7 Å². The normalized spacial score (nSPS) is 16.7. The topological polar surface area (TPSA) is 32.3 Å². The van der Waals surface area contributed by atoms with Crippen LogP contribution in [0.4, 0.5) is 5.69 Å². The van der Waals surface area contributed by atoms with Crippen molar-refractivity contribution in [3.8, 4) is 0 Å². The minimum Gasteiger partial charge on any atom is -0.325 e. The van der Waals surface area contributed by atoms with E-state index in [4.69, 9.17) is 0 Å². The van der Waals surface area contributed by atoms with Crippen LogP contribution in [-0.4, -0.2) is 23.9 Å². The van der Waals surface area contributed by atoms with Crippen molar-refractivity contribution in [2.45, 2.75) is 25.8 Å². The van der Waals surface area contributed by atoms with E-state index in [1.165, 1.54) is 16.0 Å². The summed E-state index contributed by atoms with van der Waals surface area (Å²) in [4.78, 5) is 16.5. The van der Waals surface area contributed by atoms with Crippen LogP contribution >= 0.6 is 11.3 Å². The summed E-state index contributed by atoms with van der Waals surface area (Å²) in [6.07, 6.45) is 1.85. The molecule has 0 radical (unpaired) electrons. The molecule has 1 atom stereocenters. The number of carbonyl (C=O) groups excluding carboxylic acids is 1. The molecule has 0 saturated carbocycles. The second-order valence-electron chi connectivity index (χ2n) is 7.06. The molecule has 0 unspecified atom stereocenters. The molecule has 0 aliphatic carbocycles. The number of para-hydroxylation sites is 1. The van der Waals surface area contributed by atoms with Crippen LogP contribution in [0.2, 0.25) is 0 Å². The Morgan fingerprint density at radius 2 is 1.89 bits per heavy atom. The number of amides is 1. The molecule has 1 aromatic heterocycles. The van der Waals surface area contributed by atoms with Gasteiger partial charge in [0.05, 0.1) is 6.54 Å². The molecular formula is C23H24N2OS. The van der Waals surface area contributed by atoms with Crippen molar-refractivity contribution in [1.29, 1.82) is 0 Å². The van der Waals surface area contributed by atoms with Crippen molar-refractivity contribution >= 4 is 22.9 Å². The van der Waals surface area contributed by atoms with E-state index in [2.05, 4.69) is 46.8 Å². The van der Waals surface area contributed by atoms with Gasteiger partial charge in [-0.2, -0.15) is 0 Å². The molecule has 2 heterocycles. The van der Waals surface area contributed by atoms with Gasteiger partial charge in [-0.1, -0.05) is 48.5 Å². The second kappa shape index (κ2) is 8.07. The Balaban J connectivity index is 1.43. The molecule has 4 rings (SSSR count). The largest absolute Gasteiger partial charge is 0.325 e. The molecule has 1 aliphatic heterocycles. The molecular weight excluding hydrogens is 352 g/mol. The van der Waals surface area contributed by atoms with Crippen molar-refractivity contribution in [3.05, 3.63) is 87.6 Å². The number of rotatable bonds is 5. The molecule has 0 spiro atoms. The first-order valence-corrected chi connectivity index (χ1v) is 10.3. The fourth-order valence-electron chi connectivity index (χ4n) is 3.76. The Hall–Kier alpha value is -2.43. The van der Waals surface area contributed by atoms with Gasteiger partial charge in [-0.15, -0.1) is 11.3 Å². The van der Waals surface area contributed by atoms with Gasteiger partial charge < -0.3 is 5.32 Å².